The molecule has 0 saturated heterocycles. The largest absolute Gasteiger partial charge is 0.460 e. The van der Waals surface area contributed by atoms with Gasteiger partial charge >= 0.3 is 5.97 Å². The van der Waals surface area contributed by atoms with Crippen LogP contribution < -0.4 is 5.32 Å². The van der Waals surface area contributed by atoms with E-state index < -0.39 is 0 Å². The molecule has 0 radical (unpaired) electrons. The van der Waals surface area contributed by atoms with Gasteiger partial charge in [-0.2, -0.15) is 0 Å². The maximum absolute atomic E-state index is 11.5. The molecule has 0 saturated carbocycles. The number of rotatable bonds is 6. The van der Waals surface area contributed by atoms with Gasteiger partial charge in [0.1, 0.15) is 5.60 Å². The highest BCUT2D eigenvalue weighted by atomic mass is 16.6. The highest BCUT2D eigenvalue weighted by Crippen LogP contribution is 2.15. The molecular formula is C13H27NO2. The predicted octanol–water partition coefficient (Wildman–Crippen LogP) is 2.74. The second kappa shape index (κ2) is 6.89. The summed E-state index contributed by atoms with van der Waals surface area (Å²) in [6.07, 6.45) is 2.47. The first kappa shape index (κ1) is 15.4. The average Bonchev–Trinajstić information content (AvgIpc) is 2.15. The molecule has 0 aliphatic rings. The summed E-state index contributed by atoms with van der Waals surface area (Å²) in [5, 5.41) is 3.26. The molecule has 2 atom stereocenters. The molecule has 0 rings (SSSR count). The van der Waals surface area contributed by atoms with Gasteiger partial charge in [0.25, 0.3) is 0 Å². The molecule has 0 heterocycles. The summed E-state index contributed by atoms with van der Waals surface area (Å²) < 4.78 is 5.28. The van der Waals surface area contributed by atoms with Crippen molar-refractivity contribution in [1.82, 2.24) is 5.32 Å². The smallest absolute Gasteiger partial charge is 0.306 e. The molecule has 0 spiro atoms. The fourth-order valence-corrected chi connectivity index (χ4v) is 1.66. The maximum Gasteiger partial charge on any atom is 0.306 e. The van der Waals surface area contributed by atoms with Crippen molar-refractivity contribution in [3.63, 3.8) is 0 Å². The van der Waals surface area contributed by atoms with Crippen LogP contribution in [0.4, 0.5) is 0 Å². The second-order valence-electron chi connectivity index (χ2n) is 5.41. The zero-order valence-electron chi connectivity index (χ0n) is 11.6. The molecule has 0 fully saturated rings. The number of esters is 1. The first-order chi connectivity index (χ1) is 7.30. The molecule has 2 unspecified atom stereocenters. The Hall–Kier alpha value is -0.570. The Kier molecular flexibility index (Phi) is 6.65. The Labute approximate surface area is 99.9 Å². The fraction of sp³-hybridized carbons (Fsp3) is 0.923. The van der Waals surface area contributed by atoms with Crippen molar-refractivity contribution in [3.8, 4) is 0 Å². The van der Waals surface area contributed by atoms with Crippen molar-refractivity contribution >= 4 is 5.97 Å². The minimum absolute atomic E-state index is 0.101. The van der Waals surface area contributed by atoms with Crippen LogP contribution in [0.15, 0.2) is 0 Å². The molecule has 0 aromatic carbocycles. The Bertz CT molecular complexity index is 208. The van der Waals surface area contributed by atoms with E-state index in [0.717, 1.165) is 12.8 Å². The predicted molar refractivity (Wildman–Crippen MR) is 67.4 cm³/mol. The minimum atomic E-state index is -0.372. The van der Waals surface area contributed by atoms with Crippen molar-refractivity contribution in [3.05, 3.63) is 0 Å². The number of hydrogen-bond donors (Lipinski definition) is 1. The quantitative estimate of drug-likeness (QED) is 0.712. The van der Waals surface area contributed by atoms with Crippen LogP contribution in [0.5, 0.6) is 0 Å². The monoisotopic (exact) mass is 229 g/mol. The lowest BCUT2D eigenvalue weighted by Gasteiger charge is -2.23. The lowest BCUT2D eigenvalue weighted by atomic mass is 9.95. The highest BCUT2D eigenvalue weighted by Gasteiger charge is 2.19. The summed E-state index contributed by atoms with van der Waals surface area (Å²) in [4.78, 5) is 11.5. The zero-order valence-corrected chi connectivity index (χ0v) is 11.6. The van der Waals surface area contributed by atoms with Gasteiger partial charge in [-0.1, -0.05) is 20.3 Å². The Morgan fingerprint density at radius 1 is 1.38 bits per heavy atom. The van der Waals surface area contributed by atoms with Gasteiger partial charge in [0.15, 0.2) is 0 Å². The molecule has 0 aliphatic heterocycles. The van der Waals surface area contributed by atoms with Gasteiger partial charge in [-0.15, -0.1) is 0 Å². The van der Waals surface area contributed by atoms with Crippen LogP contribution in [-0.4, -0.2) is 24.7 Å². The van der Waals surface area contributed by atoms with Crippen LogP contribution in [0, 0.1) is 5.92 Å². The van der Waals surface area contributed by atoms with Crippen molar-refractivity contribution < 1.29 is 9.53 Å². The van der Waals surface area contributed by atoms with E-state index >= 15 is 0 Å². The van der Waals surface area contributed by atoms with Gasteiger partial charge in [-0.3, -0.25) is 4.79 Å². The fourth-order valence-electron chi connectivity index (χ4n) is 1.66. The Morgan fingerprint density at radius 3 is 2.31 bits per heavy atom. The van der Waals surface area contributed by atoms with E-state index in [4.69, 9.17) is 4.74 Å². The average molecular weight is 229 g/mol. The molecule has 3 nitrogen and oxygen atoms in total. The lowest BCUT2D eigenvalue weighted by Crippen LogP contribution is -2.33. The van der Waals surface area contributed by atoms with Gasteiger partial charge in [0, 0.05) is 12.5 Å². The molecule has 0 amide bonds. The SMILES string of the molecule is CCC(C)C(CCC(=O)OC(C)(C)C)NC. The summed E-state index contributed by atoms with van der Waals surface area (Å²) in [7, 11) is 1.95. The summed E-state index contributed by atoms with van der Waals surface area (Å²) in [6.45, 7) is 10.1. The first-order valence-electron chi connectivity index (χ1n) is 6.19. The topological polar surface area (TPSA) is 38.3 Å². The molecule has 1 N–H and O–H groups in total. The van der Waals surface area contributed by atoms with E-state index in [1.54, 1.807) is 0 Å². The van der Waals surface area contributed by atoms with Gasteiger partial charge in [0.2, 0.25) is 0 Å². The van der Waals surface area contributed by atoms with Crippen LogP contribution in [0.25, 0.3) is 0 Å². The third-order valence-electron chi connectivity index (χ3n) is 2.78. The molecule has 0 aromatic rings. The molecule has 3 heteroatoms. The third kappa shape index (κ3) is 6.83. The number of hydrogen-bond acceptors (Lipinski definition) is 3. The normalized spacial score (nSPS) is 15.6. The lowest BCUT2D eigenvalue weighted by molar-refractivity contribution is -0.155. The van der Waals surface area contributed by atoms with Crippen LogP contribution in [-0.2, 0) is 9.53 Å². The molecule has 0 aromatic heterocycles. The number of carbonyl (C=O) groups excluding carboxylic acids is 1. The van der Waals surface area contributed by atoms with Crippen LogP contribution >= 0.6 is 0 Å². The summed E-state index contributed by atoms with van der Waals surface area (Å²) in [5.74, 6) is 0.489. The van der Waals surface area contributed by atoms with Crippen molar-refractivity contribution in [2.45, 2.75) is 65.5 Å². The van der Waals surface area contributed by atoms with Crippen molar-refractivity contribution in [2.75, 3.05) is 7.05 Å². The third-order valence-corrected chi connectivity index (χ3v) is 2.78. The van der Waals surface area contributed by atoms with E-state index in [0.29, 0.717) is 18.4 Å². The van der Waals surface area contributed by atoms with E-state index in [1.165, 1.54) is 0 Å². The highest BCUT2D eigenvalue weighted by molar-refractivity contribution is 5.69. The first-order valence-corrected chi connectivity index (χ1v) is 6.19. The summed E-state index contributed by atoms with van der Waals surface area (Å²) in [6, 6.07) is 0.400. The molecule has 16 heavy (non-hydrogen) atoms. The van der Waals surface area contributed by atoms with Crippen LogP contribution in [0.1, 0.15) is 53.9 Å². The number of nitrogens with one attached hydrogen (secondary N) is 1. The van der Waals surface area contributed by atoms with Crippen molar-refractivity contribution in [2.24, 2.45) is 5.92 Å². The number of carbonyl (C=O) groups is 1. The Balaban J connectivity index is 3.98. The van der Waals surface area contributed by atoms with Crippen LogP contribution in [0.2, 0.25) is 0 Å². The van der Waals surface area contributed by atoms with E-state index in [-0.39, 0.29) is 11.6 Å². The second-order valence-corrected chi connectivity index (χ2v) is 5.41. The van der Waals surface area contributed by atoms with Gasteiger partial charge in [-0.25, -0.2) is 0 Å². The van der Waals surface area contributed by atoms with Crippen molar-refractivity contribution in [1.29, 1.82) is 0 Å². The maximum atomic E-state index is 11.5. The van der Waals surface area contributed by atoms with Gasteiger partial charge in [0.05, 0.1) is 0 Å². The van der Waals surface area contributed by atoms with E-state index in [9.17, 15) is 4.79 Å². The molecule has 0 aliphatic carbocycles. The molecular weight excluding hydrogens is 202 g/mol. The van der Waals surface area contributed by atoms with E-state index in [2.05, 4.69) is 19.2 Å². The number of ether oxygens (including phenoxy) is 1. The van der Waals surface area contributed by atoms with Gasteiger partial charge < -0.3 is 10.1 Å². The minimum Gasteiger partial charge on any atom is -0.460 e. The molecule has 96 valence electrons. The van der Waals surface area contributed by atoms with E-state index in [1.807, 2.05) is 27.8 Å². The zero-order chi connectivity index (χ0) is 12.8. The molecule has 0 bridgehead atoms. The standard InChI is InChI=1S/C13H27NO2/c1-7-10(2)11(14-6)8-9-12(15)16-13(3,4)5/h10-11,14H,7-9H2,1-6H3. The van der Waals surface area contributed by atoms with Crippen LogP contribution in [0.3, 0.4) is 0 Å². The Morgan fingerprint density at radius 2 is 1.94 bits per heavy atom. The summed E-state index contributed by atoms with van der Waals surface area (Å²) in [5.41, 5.74) is -0.372. The summed E-state index contributed by atoms with van der Waals surface area (Å²) >= 11 is 0. The van der Waals surface area contributed by atoms with Gasteiger partial charge in [-0.05, 0) is 40.2 Å².